The molecule has 0 aliphatic carbocycles. The van der Waals surface area contributed by atoms with Crippen molar-refractivity contribution in [2.45, 2.75) is 25.4 Å². The molecule has 5 nitrogen and oxygen atoms in total. The summed E-state index contributed by atoms with van der Waals surface area (Å²) in [5, 5.41) is 9.49. The summed E-state index contributed by atoms with van der Waals surface area (Å²) < 4.78 is 42.7. The van der Waals surface area contributed by atoms with Gasteiger partial charge in [-0.05, 0) is 30.5 Å². The summed E-state index contributed by atoms with van der Waals surface area (Å²) in [7, 11) is 1.41. The summed E-state index contributed by atoms with van der Waals surface area (Å²) in [6.45, 7) is 0.472. The normalized spacial score (nSPS) is 21.2. The van der Waals surface area contributed by atoms with E-state index in [-0.39, 0.29) is 25.5 Å². The minimum absolute atomic E-state index is 0.00634. The molecule has 1 N–H and O–H groups in total. The Morgan fingerprint density at radius 1 is 1.28 bits per heavy atom. The molecule has 1 amide bonds. The van der Waals surface area contributed by atoms with Crippen molar-refractivity contribution >= 4 is 11.9 Å². The SMILES string of the molecule is COCC1(C(=O)O)CCCN(C(=O)Cc2ccc(C(F)(F)F)cc2)C1. The topological polar surface area (TPSA) is 66.8 Å². The van der Waals surface area contributed by atoms with Gasteiger partial charge in [0, 0.05) is 20.2 Å². The standard InChI is InChI=1S/C17H20F3NO4/c1-25-11-16(15(23)24)7-2-8-21(10-16)14(22)9-12-3-5-13(6-4-12)17(18,19)20/h3-6H,2,7-11H2,1H3,(H,23,24). The number of ether oxygens (including phenoxy) is 1. The molecule has 1 saturated heterocycles. The summed E-state index contributed by atoms with van der Waals surface area (Å²) in [4.78, 5) is 25.5. The van der Waals surface area contributed by atoms with E-state index in [1.54, 1.807) is 0 Å². The number of rotatable bonds is 5. The number of methoxy groups -OCH3 is 1. The van der Waals surface area contributed by atoms with Gasteiger partial charge in [0.2, 0.25) is 5.91 Å². The molecule has 8 heteroatoms. The number of nitrogens with zero attached hydrogens (tertiary/aromatic N) is 1. The van der Waals surface area contributed by atoms with Crippen LogP contribution < -0.4 is 0 Å². The summed E-state index contributed by atoms with van der Waals surface area (Å²) in [5.41, 5.74) is -1.45. The summed E-state index contributed by atoms with van der Waals surface area (Å²) in [6, 6.07) is 4.41. The van der Waals surface area contributed by atoms with E-state index in [1.807, 2.05) is 0 Å². The molecule has 0 bridgehead atoms. The Kier molecular flexibility index (Phi) is 5.72. The molecule has 1 fully saturated rings. The van der Waals surface area contributed by atoms with Crippen molar-refractivity contribution in [3.8, 4) is 0 Å². The van der Waals surface area contributed by atoms with E-state index in [1.165, 1.54) is 24.1 Å². The predicted molar refractivity (Wildman–Crippen MR) is 82.9 cm³/mol. The second kappa shape index (κ2) is 7.43. The summed E-state index contributed by atoms with van der Waals surface area (Å²) in [5.74, 6) is -1.32. The van der Waals surface area contributed by atoms with Crippen LogP contribution in [-0.2, 0) is 26.9 Å². The molecule has 1 aromatic rings. The number of hydrogen-bond donors (Lipinski definition) is 1. The van der Waals surface area contributed by atoms with Crippen molar-refractivity contribution in [2.24, 2.45) is 5.41 Å². The fourth-order valence-corrected chi connectivity index (χ4v) is 3.07. The number of carbonyl (C=O) groups is 2. The largest absolute Gasteiger partial charge is 0.481 e. The highest BCUT2D eigenvalue weighted by atomic mass is 19.4. The molecule has 2 rings (SSSR count). The molecule has 1 aliphatic rings. The number of hydrogen-bond acceptors (Lipinski definition) is 3. The zero-order chi connectivity index (χ0) is 18.7. The second-order valence-electron chi connectivity index (χ2n) is 6.31. The van der Waals surface area contributed by atoms with E-state index in [4.69, 9.17) is 4.74 Å². The maximum Gasteiger partial charge on any atom is 0.416 e. The molecule has 0 aromatic heterocycles. The number of carbonyl (C=O) groups excluding carboxylic acids is 1. The molecule has 1 unspecified atom stereocenters. The molecule has 1 atom stereocenters. The van der Waals surface area contributed by atoms with Crippen molar-refractivity contribution in [3.63, 3.8) is 0 Å². The zero-order valence-electron chi connectivity index (χ0n) is 13.8. The van der Waals surface area contributed by atoms with Crippen LogP contribution in [0.25, 0.3) is 0 Å². The van der Waals surface area contributed by atoms with Gasteiger partial charge in [0.25, 0.3) is 0 Å². The molecule has 1 heterocycles. The Bertz CT molecular complexity index is 626. The third-order valence-corrected chi connectivity index (χ3v) is 4.44. The van der Waals surface area contributed by atoms with Gasteiger partial charge in [0.15, 0.2) is 0 Å². The van der Waals surface area contributed by atoms with Gasteiger partial charge in [-0.25, -0.2) is 0 Å². The van der Waals surface area contributed by atoms with E-state index in [0.29, 0.717) is 24.9 Å². The number of aliphatic carboxylic acids is 1. The van der Waals surface area contributed by atoms with Crippen molar-refractivity contribution in [1.82, 2.24) is 4.90 Å². The first-order valence-corrected chi connectivity index (χ1v) is 7.84. The average molecular weight is 359 g/mol. The van der Waals surface area contributed by atoms with Gasteiger partial charge in [0.1, 0.15) is 5.41 Å². The molecular weight excluding hydrogens is 339 g/mol. The number of carboxylic acids is 1. The smallest absolute Gasteiger partial charge is 0.416 e. The lowest BCUT2D eigenvalue weighted by Crippen LogP contribution is -2.52. The lowest BCUT2D eigenvalue weighted by molar-refractivity contribution is -0.159. The highest BCUT2D eigenvalue weighted by Gasteiger charge is 2.43. The lowest BCUT2D eigenvalue weighted by Gasteiger charge is -2.39. The molecule has 1 aliphatic heterocycles. The van der Waals surface area contributed by atoms with Gasteiger partial charge in [-0.15, -0.1) is 0 Å². The van der Waals surface area contributed by atoms with Crippen LogP contribution >= 0.6 is 0 Å². The van der Waals surface area contributed by atoms with E-state index >= 15 is 0 Å². The molecule has 138 valence electrons. The van der Waals surface area contributed by atoms with Gasteiger partial charge in [-0.2, -0.15) is 13.2 Å². The number of piperidine rings is 1. The van der Waals surface area contributed by atoms with Crippen LogP contribution in [0.5, 0.6) is 0 Å². The van der Waals surface area contributed by atoms with Crippen molar-refractivity contribution in [1.29, 1.82) is 0 Å². The Hall–Kier alpha value is -2.09. The molecule has 25 heavy (non-hydrogen) atoms. The van der Waals surface area contributed by atoms with Crippen LogP contribution in [0.15, 0.2) is 24.3 Å². The Morgan fingerprint density at radius 2 is 1.92 bits per heavy atom. The summed E-state index contributed by atoms with van der Waals surface area (Å²) >= 11 is 0. The van der Waals surface area contributed by atoms with Gasteiger partial charge in [-0.1, -0.05) is 12.1 Å². The van der Waals surface area contributed by atoms with Gasteiger partial charge < -0.3 is 14.7 Å². The first-order valence-electron chi connectivity index (χ1n) is 7.84. The highest BCUT2D eigenvalue weighted by molar-refractivity contribution is 5.81. The third-order valence-electron chi connectivity index (χ3n) is 4.44. The predicted octanol–water partition coefficient (Wildman–Crippen LogP) is 2.59. The Morgan fingerprint density at radius 3 is 2.44 bits per heavy atom. The fourth-order valence-electron chi connectivity index (χ4n) is 3.07. The lowest BCUT2D eigenvalue weighted by atomic mass is 9.80. The maximum atomic E-state index is 12.6. The number of halogens is 3. The second-order valence-corrected chi connectivity index (χ2v) is 6.31. The van der Waals surface area contributed by atoms with Gasteiger partial charge in [0.05, 0.1) is 18.6 Å². The average Bonchev–Trinajstić information content (AvgIpc) is 2.55. The number of likely N-dealkylation sites (tertiary alicyclic amines) is 1. The fraction of sp³-hybridized carbons (Fsp3) is 0.529. The Labute approximate surface area is 143 Å². The minimum atomic E-state index is -4.42. The molecular formula is C17H20F3NO4. The molecule has 0 saturated carbocycles. The summed E-state index contributed by atoms with van der Waals surface area (Å²) in [6.07, 6.45) is -3.54. The van der Waals surface area contributed by atoms with Crippen molar-refractivity contribution in [3.05, 3.63) is 35.4 Å². The third kappa shape index (κ3) is 4.50. The number of carboxylic acid groups (broad SMARTS) is 1. The number of alkyl halides is 3. The highest BCUT2D eigenvalue weighted by Crippen LogP contribution is 2.32. The molecule has 0 radical (unpaired) electrons. The van der Waals surface area contributed by atoms with Crippen molar-refractivity contribution < 1.29 is 32.6 Å². The molecule has 0 spiro atoms. The van der Waals surface area contributed by atoms with E-state index in [2.05, 4.69) is 0 Å². The first-order chi connectivity index (χ1) is 11.7. The van der Waals surface area contributed by atoms with E-state index < -0.39 is 23.1 Å². The van der Waals surface area contributed by atoms with Crippen LogP contribution in [-0.4, -0.2) is 48.7 Å². The van der Waals surface area contributed by atoms with Crippen LogP contribution in [0.1, 0.15) is 24.0 Å². The zero-order valence-corrected chi connectivity index (χ0v) is 13.8. The van der Waals surface area contributed by atoms with Gasteiger partial charge >= 0.3 is 12.1 Å². The number of benzene rings is 1. The van der Waals surface area contributed by atoms with Gasteiger partial charge in [-0.3, -0.25) is 9.59 Å². The maximum absolute atomic E-state index is 12.6. The van der Waals surface area contributed by atoms with Crippen LogP contribution in [0, 0.1) is 5.41 Å². The van der Waals surface area contributed by atoms with E-state index in [9.17, 15) is 27.9 Å². The molecule has 1 aromatic carbocycles. The minimum Gasteiger partial charge on any atom is -0.481 e. The first kappa shape index (κ1) is 19.2. The Balaban J connectivity index is 2.06. The van der Waals surface area contributed by atoms with Crippen LogP contribution in [0.3, 0.4) is 0 Å². The monoisotopic (exact) mass is 359 g/mol. The van der Waals surface area contributed by atoms with Crippen LogP contribution in [0.2, 0.25) is 0 Å². The van der Waals surface area contributed by atoms with E-state index in [0.717, 1.165) is 12.1 Å². The van der Waals surface area contributed by atoms with Crippen molar-refractivity contribution in [2.75, 3.05) is 26.8 Å². The number of amides is 1. The quantitative estimate of drug-likeness (QED) is 0.878. The van der Waals surface area contributed by atoms with Crippen LogP contribution in [0.4, 0.5) is 13.2 Å².